The maximum atomic E-state index is 8.68. The molecule has 5 nitrogen and oxygen atoms in total. The number of aryl methyl sites for hydroxylation is 1. The smallest absolute Gasteiger partial charge is 0.170 e. The Bertz CT molecular complexity index is 474. The molecule has 1 unspecified atom stereocenters. The second-order valence-electron chi connectivity index (χ2n) is 5.01. The van der Waals surface area contributed by atoms with E-state index in [1.807, 2.05) is 25.1 Å². The van der Waals surface area contributed by atoms with E-state index in [9.17, 15) is 0 Å². The van der Waals surface area contributed by atoms with Crippen molar-refractivity contribution in [3.05, 3.63) is 34.9 Å². The van der Waals surface area contributed by atoms with Gasteiger partial charge in [-0.25, -0.2) is 0 Å². The van der Waals surface area contributed by atoms with Crippen LogP contribution in [0.25, 0.3) is 0 Å². The van der Waals surface area contributed by atoms with Crippen molar-refractivity contribution in [2.75, 3.05) is 20.2 Å². The summed E-state index contributed by atoms with van der Waals surface area (Å²) in [5.74, 6) is 0.148. The van der Waals surface area contributed by atoms with E-state index in [2.05, 4.69) is 10.1 Å². The number of amidine groups is 1. The van der Waals surface area contributed by atoms with Gasteiger partial charge in [0.1, 0.15) is 0 Å². The van der Waals surface area contributed by atoms with Gasteiger partial charge in [-0.15, -0.1) is 0 Å². The van der Waals surface area contributed by atoms with Crippen LogP contribution in [0.1, 0.15) is 23.1 Å². The molecule has 1 fully saturated rings. The second kappa shape index (κ2) is 6.04. The summed E-state index contributed by atoms with van der Waals surface area (Å²) >= 11 is 0. The lowest BCUT2D eigenvalue weighted by Gasteiger charge is -2.17. The lowest BCUT2D eigenvalue weighted by Crippen LogP contribution is -2.23. The number of rotatable bonds is 4. The van der Waals surface area contributed by atoms with Crippen LogP contribution in [0.2, 0.25) is 0 Å². The summed E-state index contributed by atoms with van der Waals surface area (Å²) in [7, 11) is 1.77. The first-order valence-electron chi connectivity index (χ1n) is 6.46. The van der Waals surface area contributed by atoms with E-state index < -0.39 is 0 Å². The first-order chi connectivity index (χ1) is 9.13. The molecular weight excluding hydrogens is 242 g/mol. The van der Waals surface area contributed by atoms with Crippen molar-refractivity contribution in [3.63, 3.8) is 0 Å². The molecule has 5 heteroatoms. The van der Waals surface area contributed by atoms with Crippen LogP contribution in [0.4, 0.5) is 0 Å². The van der Waals surface area contributed by atoms with Gasteiger partial charge in [0.25, 0.3) is 0 Å². The molecule has 0 aromatic heterocycles. The van der Waals surface area contributed by atoms with Crippen LogP contribution < -0.4 is 5.73 Å². The van der Waals surface area contributed by atoms with Gasteiger partial charge < -0.3 is 15.7 Å². The monoisotopic (exact) mass is 263 g/mol. The Morgan fingerprint density at radius 1 is 1.58 bits per heavy atom. The Labute approximate surface area is 113 Å². The Hall–Kier alpha value is -1.59. The van der Waals surface area contributed by atoms with Crippen LogP contribution in [-0.4, -0.2) is 42.2 Å². The maximum Gasteiger partial charge on any atom is 0.170 e. The molecule has 1 atom stereocenters. The summed E-state index contributed by atoms with van der Waals surface area (Å²) < 4.78 is 5.37. The van der Waals surface area contributed by atoms with Crippen LogP contribution in [0, 0.1) is 6.92 Å². The number of methoxy groups -OCH3 is 1. The highest BCUT2D eigenvalue weighted by atomic mass is 16.5. The Kier molecular flexibility index (Phi) is 4.39. The zero-order chi connectivity index (χ0) is 13.8. The Morgan fingerprint density at radius 3 is 2.95 bits per heavy atom. The molecule has 0 saturated carbocycles. The minimum atomic E-state index is 0.148. The first kappa shape index (κ1) is 13.8. The fraction of sp³-hybridized carbons (Fsp3) is 0.500. The molecule has 0 radical (unpaired) electrons. The van der Waals surface area contributed by atoms with Crippen molar-refractivity contribution in [1.29, 1.82) is 0 Å². The van der Waals surface area contributed by atoms with Gasteiger partial charge in [0.15, 0.2) is 5.84 Å². The van der Waals surface area contributed by atoms with E-state index >= 15 is 0 Å². The lowest BCUT2D eigenvalue weighted by atomic mass is 10.0. The quantitative estimate of drug-likeness (QED) is 0.372. The minimum Gasteiger partial charge on any atom is -0.409 e. The van der Waals surface area contributed by atoms with Gasteiger partial charge in [-0.2, -0.15) is 0 Å². The predicted octanol–water partition coefficient (Wildman–Crippen LogP) is 1.31. The zero-order valence-corrected chi connectivity index (χ0v) is 11.5. The summed E-state index contributed by atoms with van der Waals surface area (Å²) in [6.07, 6.45) is 1.45. The number of likely N-dealkylation sites (tertiary alicyclic amines) is 1. The summed E-state index contributed by atoms with van der Waals surface area (Å²) in [4.78, 5) is 2.39. The van der Waals surface area contributed by atoms with Gasteiger partial charge in [-0.3, -0.25) is 4.90 Å². The molecule has 0 aliphatic carbocycles. The van der Waals surface area contributed by atoms with Crippen LogP contribution in [0.3, 0.4) is 0 Å². The highest BCUT2D eigenvalue weighted by molar-refractivity contribution is 5.97. The van der Waals surface area contributed by atoms with E-state index in [-0.39, 0.29) is 5.84 Å². The zero-order valence-electron chi connectivity index (χ0n) is 11.5. The number of ether oxygens (including phenoxy) is 1. The van der Waals surface area contributed by atoms with E-state index in [0.29, 0.717) is 6.10 Å². The molecule has 1 aromatic carbocycles. The third kappa shape index (κ3) is 3.24. The number of nitrogens with two attached hydrogens (primary N) is 1. The minimum absolute atomic E-state index is 0.148. The van der Waals surface area contributed by atoms with Gasteiger partial charge in [0, 0.05) is 32.3 Å². The Balaban J connectivity index is 2.06. The molecule has 0 amide bonds. The number of hydrogen-bond donors (Lipinski definition) is 2. The summed E-state index contributed by atoms with van der Waals surface area (Å²) in [6, 6.07) is 5.89. The number of oxime groups is 1. The van der Waals surface area contributed by atoms with Gasteiger partial charge in [-0.05, 0) is 30.5 Å². The lowest BCUT2D eigenvalue weighted by molar-refractivity contribution is 0.107. The average Bonchev–Trinajstić information content (AvgIpc) is 2.88. The fourth-order valence-electron chi connectivity index (χ4n) is 2.46. The van der Waals surface area contributed by atoms with E-state index in [4.69, 9.17) is 15.7 Å². The van der Waals surface area contributed by atoms with Crippen LogP contribution in [0.15, 0.2) is 23.4 Å². The average molecular weight is 263 g/mol. The molecule has 0 spiro atoms. The van der Waals surface area contributed by atoms with Crippen LogP contribution >= 0.6 is 0 Å². The normalized spacial score (nSPS) is 20.9. The second-order valence-corrected chi connectivity index (χ2v) is 5.01. The standard InChI is InChI=1S/C14H21N3O2/c1-10-7-11(14(15)16-18)3-4-12(10)8-17-6-5-13(9-17)19-2/h3-4,7,13,18H,5-6,8-9H2,1-2H3,(H2,15,16). The first-order valence-corrected chi connectivity index (χ1v) is 6.46. The molecule has 19 heavy (non-hydrogen) atoms. The largest absolute Gasteiger partial charge is 0.409 e. The highest BCUT2D eigenvalue weighted by Crippen LogP contribution is 2.18. The van der Waals surface area contributed by atoms with Crippen molar-refractivity contribution in [1.82, 2.24) is 4.90 Å². The molecular formula is C14H21N3O2. The van der Waals surface area contributed by atoms with Crippen LogP contribution in [-0.2, 0) is 11.3 Å². The van der Waals surface area contributed by atoms with E-state index in [1.165, 1.54) is 5.56 Å². The van der Waals surface area contributed by atoms with E-state index in [1.54, 1.807) is 7.11 Å². The third-order valence-corrected chi connectivity index (χ3v) is 3.70. The molecule has 104 valence electrons. The number of hydrogen-bond acceptors (Lipinski definition) is 4. The van der Waals surface area contributed by atoms with Crippen molar-refractivity contribution in [3.8, 4) is 0 Å². The molecule has 1 heterocycles. The number of nitrogens with zero attached hydrogens (tertiary/aromatic N) is 2. The molecule has 2 rings (SSSR count). The fourth-order valence-corrected chi connectivity index (χ4v) is 2.46. The van der Waals surface area contributed by atoms with E-state index in [0.717, 1.165) is 37.2 Å². The molecule has 0 bridgehead atoms. The van der Waals surface area contributed by atoms with Gasteiger partial charge in [-0.1, -0.05) is 17.3 Å². The van der Waals surface area contributed by atoms with Crippen molar-refractivity contribution >= 4 is 5.84 Å². The maximum absolute atomic E-state index is 8.68. The van der Waals surface area contributed by atoms with Crippen LogP contribution in [0.5, 0.6) is 0 Å². The summed E-state index contributed by atoms with van der Waals surface area (Å²) in [6.45, 7) is 5.02. The molecule has 3 N–H and O–H groups in total. The van der Waals surface area contributed by atoms with Crippen molar-refractivity contribution in [2.45, 2.75) is 26.0 Å². The predicted molar refractivity (Wildman–Crippen MR) is 74.4 cm³/mol. The Morgan fingerprint density at radius 2 is 2.37 bits per heavy atom. The molecule has 1 aliphatic heterocycles. The summed E-state index contributed by atoms with van der Waals surface area (Å²) in [5, 5.41) is 11.7. The van der Waals surface area contributed by atoms with Crippen molar-refractivity contribution < 1.29 is 9.94 Å². The molecule has 1 saturated heterocycles. The van der Waals surface area contributed by atoms with Crippen molar-refractivity contribution in [2.24, 2.45) is 10.9 Å². The topological polar surface area (TPSA) is 71.1 Å². The van der Waals surface area contributed by atoms with Gasteiger partial charge >= 0.3 is 0 Å². The molecule has 1 aliphatic rings. The third-order valence-electron chi connectivity index (χ3n) is 3.70. The SMILES string of the molecule is COC1CCN(Cc2ccc(/C(N)=N/O)cc2C)C1. The van der Waals surface area contributed by atoms with Gasteiger partial charge in [0.05, 0.1) is 6.10 Å². The number of benzene rings is 1. The highest BCUT2D eigenvalue weighted by Gasteiger charge is 2.22. The molecule has 1 aromatic rings. The van der Waals surface area contributed by atoms with Gasteiger partial charge in [0.2, 0.25) is 0 Å². The summed E-state index contributed by atoms with van der Waals surface area (Å²) in [5.41, 5.74) is 8.76.